The summed E-state index contributed by atoms with van der Waals surface area (Å²) in [5.74, 6) is 0.341. The molecular weight excluding hydrogens is 258 g/mol. The van der Waals surface area contributed by atoms with E-state index in [2.05, 4.69) is 4.98 Å². The van der Waals surface area contributed by atoms with Gasteiger partial charge in [-0.2, -0.15) is 0 Å². The second-order valence-corrected chi connectivity index (χ2v) is 4.75. The predicted octanol–water partition coefficient (Wildman–Crippen LogP) is 3.72. The molecule has 94 valence electrons. The van der Waals surface area contributed by atoms with Crippen LogP contribution in [0, 0.1) is 0 Å². The van der Waals surface area contributed by atoms with Crippen molar-refractivity contribution in [2.45, 2.75) is 0 Å². The molecule has 3 aromatic rings. The molecule has 0 aliphatic rings. The van der Waals surface area contributed by atoms with Gasteiger partial charge in [0.05, 0.1) is 11.2 Å². The largest absolute Gasteiger partial charge is 0.395 e. The minimum atomic E-state index is 0.341. The zero-order valence-electron chi connectivity index (χ0n) is 10.1. The van der Waals surface area contributed by atoms with Crippen LogP contribution in [0.5, 0.6) is 0 Å². The quantitative estimate of drug-likeness (QED) is 0.708. The maximum absolute atomic E-state index is 6.10. The Morgan fingerprint density at radius 2 is 1.68 bits per heavy atom. The molecule has 1 heterocycles. The van der Waals surface area contributed by atoms with Gasteiger partial charge < -0.3 is 11.5 Å². The minimum absolute atomic E-state index is 0.341. The number of nitrogens with two attached hydrogens (primary N) is 2. The number of hydrogen-bond acceptors (Lipinski definition) is 3. The zero-order valence-corrected chi connectivity index (χ0v) is 10.9. The summed E-state index contributed by atoms with van der Waals surface area (Å²) < 4.78 is 0. The molecule has 0 fully saturated rings. The fourth-order valence-electron chi connectivity index (χ4n) is 2.18. The maximum atomic E-state index is 6.10. The van der Waals surface area contributed by atoms with Crippen molar-refractivity contribution >= 4 is 34.0 Å². The topological polar surface area (TPSA) is 64.9 Å². The highest BCUT2D eigenvalue weighted by Gasteiger charge is 2.12. The number of anilines is 2. The molecule has 4 N–H and O–H groups in total. The van der Waals surface area contributed by atoms with Crippen molar-refractivity contribution in [1.29, 1.82) is 0 Å². The summed E-state index contributed by atoms with van der Waals surface area (Å²) in [4.78, 5) is 4.30. The standard InChI is InChI=1S/C15H12ClN3/c16-10-6-7-12-11(8-10)13(14(17)15(18)19-12)9-4-2-1-3-5-9/h1-8H,17H2,(H2,18,19). The Hall–Kier alpha value is -2.26. The van der Waals surface area contributed by atoms with Gasteiger partial charge in [-0.3, -0.25) is 0 Å². The Kier molecular flexibility index (Phi) is 2.76. The number of nitrogen functional groups attached to an aromatic ring is 2. The highest BCUT2D eigenvalue weighted by Crippen LogP contribution is 2.36. The lowest BCUT2D eigenvalue weighted by Gasteiger charge is -2.12. The van der Waals surface area contributed by atoms with E-state index >= 15 is 0 Å². The number of halogens is 1. The first-order chi connectivity index (χ1) is 9.16. The fourth-order valence-corrected chi connectivity index (χ4v) is 2.36. The third-order valence-electron chi connectivity index (χ3n) is 3.08. The molecular formula is C15H12ClN3. The summed E-state index contributed by atoms with van der Waals surface area (Å²) in [6, 6.07) is 15.4. The van der Waals surface area contributed by atoms with Gasteiger partial charge in [0, 0.05) is 16.0 Å². The number of rotatable bonds is 1. The van der Waals surface area contributed by atoms with Crippen LogP contribution in [0.2, 0.25) is 5.02 Å². The lowest BCUT2D eigenvalue weighted by Crippen LogP contribution is -2.01. The van der Waals surface area contributed by atoms with Crippen molar-refractivity contribution in [2.75, 3.05) is 11.5 Å². The van der Waals surface area contributed by atoms with E-state index in [1.807, 2.05) is 42.5 Å². The second-order valence-electron chi connectivity index (χ2n) is 4.31. The Bertz CT molecular complexity index is 754. The molecule has 4 heteroatoms. The number of hydrogen-bond donors (Lipinski definition) is 2. The lowest BCUT2D eigenvalue weighted by molar-refractivity contribution is 1.41. The third kappa shape index (κ3) is 1.98. The fraction of sp³-hybridized carbons (Fsp3) is 0. The SMILES string of the molecule is Nc1nc2ccc(Cl)cc2c(-c2ccccc2)c1N. The van der Waals surface area contributed by atoms with Crippen molar-refractivity contribution in [3.63, 3.8) is 0 Å². The van der Waals surface area contributed by atoms with Crippen LogP contribution in [0.25, 0.3) is 22.0 Å². The molecule has 0 aliphatic heterocycles. The van der Waals surface area contributed by atoms with Crippen LogP contribution in [0.15, 0.2) is 48.5 Å². The summed E-state index contributed by atoms with van der Waals surface area (Å²) in [5.41, 5.74) is 15.1. The summed E-state index contributed by atoms with van der Waals surface area (Å²) in [6.07, 6.45) is 0. The minimum Gasteiger partial charge on any atom is -0.395 e. The summed E-state index contributed by atoms with van der Waals surface area (Å²) in [7, 11) is 0. The molecule has 0 aliphatic carbocycles. The van der Waals surface area contributed by atoms with Crippen LogP contribution >= 0.6 is 11.6 Å². The van der Waals surface area contributed by atoms with Crippen LogP contribution in [0.4, 0.5) is 11.5 Å². The first-order valence-electron chi connectivity index (χ1n) is 5.86. The zero-order chi connectivity index (χ0) is 13.4. The van der Waals surface area contributed by atoms with Crippen molar-refractivity contribution in [2.24, 2.45) is 0 Å². The van der Waals surface area contributed by atoms with E-state index in [9.17, 15) is 0 Å². The molecule has 0 atom stereocenters. The average Bonchev–Trinajstić information content (AvgIpc) is 2.42. The van der Waals surface area contributed by atoms with Crippen molar-refractivity contribution in [3.05, 3.63) is 53.6 Å². The van der Waals surface area contributed by atoms with E-state index in [-0.39, 0.29) is 0 Å². The van der Waals surface area contributed by atoms with Gasteiger partial charge in [-0.25, -0.2) is 4.98 Å². The van der Waals surface area contributed by atoms with E-state index in [1.54, 1.807) is 6.07 Å². The molecule has 3 rings (SSSR count). The second kappa shape index (κ2) is 4.44. The highest BCUT2D eigenvalue weighted by atomic mass is 35.5. The van der Waals surface area contributed by atoms with E-state index in [1.165, 1.54) is 0 Å². The van der Waals surface area contributed by atoms with E-state index in [0.29, 0.717) is 16.5 Å². The van der Waals surface area contributed by atoms with Crippen molar-refractivity contribution in [1.82, 2.24) is 4.98 Å². The van der Waals surface area contributed by atoms with E-state index in [4.69, 9.17) is 23.1 Å². The van der Waals surface area contributed by atoms with Gasteiger partial charge >= 0.3 is 0 Å². The monoisotopic (exact) mass is 269 g/mol. The number of pyridine rings is 1. The molecule has 0 unspecified atom stereocenters. The van der Waals surface area contributed by atoms with E-state index < -0.39 is 0 Å². The van der Waals surface area contributed by atoms with Gasteiger partial charge in [-0.1, -0.05) is 41.9 Å². The molecule has 3 nitrogen and oxygen atoms in total. The maximum Gasteiger partial charge on any atom is 0.147 e. The Labute approximate surface area is 115 Å². The van der Waals surface area contributed by atoms with Crippen LogP contribution < -0.4 is 11.5 Å². The smallest absolute Gasteiger partial charge is 0.147 e. The Morgan fingerprint density at radius 3 is 2.42 bits per heavy atom. The molecule has 0 saturated carbocycles. The highest BCUT2D eigenvalue weighted by molar-refractivity contribution is 6.31. The molecule has 2 aromatic carbocycles. The number of nitrogens with zero attached hydrogens (tertiary/aromatic N) is 1. The molecule has 1 aromatic heterocycles. The van der Waals surface area contributed by atoms with Gasteiger partial charge in [0.2, 0.25) is 0 Å². The van der Waals surface area contributed by atoms with Gasteiger partial charge in [-0.05, 0) is 23.8 Å². The summed E-state index contributed by atoms with van der Waals surface area (Å²) in [6.45, 7) is 0. The number of fused-ring (bicyclic) bond motifs is 1. The first-order valence-corrected chi connectivity index (χ1v) is 6.24. The predicted molar refractivity (Wildman–Crippen MR) is 81.0 cm³/mol. The van der Waals surface area contributed by atoms with Crippen LogP contribution in [0.1, 0.15) is 0 Å². The third-order valence-corrected chi connectivity index (χ3v) is 3.31. The molecule has 19 heavy (non-hydrogen) atoms. The number of benzene rings is 2. The van der Waals surface area contributed by atoms with Crippen molar-refractivity contribution < 1.29 is 0 Å². The van der Waals surface area contributed by atoms with Gasteiger partial charge in [-0.15, -0.1) is 0 Å². The molecule has 0 radical (unpaired) electrons. The molecule has 0 amide bonds. The first kappa shape index (κ1) is 11.8. The molecule has 0 bridgehead atoms. The van der Waals surface area contributed by atoms with Crippen LogP contribution in [-0.4, -0.2) is 4.98 Å². The normalized spacial score (nSPS) is 10.8. The van der Waals surface area contributed by atoms with Gasteiger partial charge in [0.15, 0.2) is 0 Å². The summed E-state index contributed by atoms with van der Waals surface area (Å²) in [5, 5.41) is 1.56. The van der Waals surface area contributed by atoms with Crippen LogP contribution in [-0.2, 0) is 0 Å². The van der Waals surface area contributed by atoms with E-state index in [0.717, 1.165) is 22.0 Å². The average molecular weight is 270 g/mol. The Morgan fingerprint density at radius 1 is 0.947 bits per heavy atom. The number of aromatic nitrogens is 1. The molecule has 0 spiro atoms. The van der Waals surface area contributed by atoms with Crippen LogP contribution in [0.3, 0.4) is 0 Å². The lowest BCUT2D eigenvalue weighted by atomic mass is 9.99. The van der Waals surface area contributed by atoms with Gasteiger partial charge in [0.25, 0.3) is 0 Å². The molecule has 0 saturated heterocycles. The Balaban J connectivity index is 2.44. The summed E-state index contributed by atoms with van der Waals surface area (Å²) >= 11 is 6.07. The van der Waals surface area contributed by atoms with Gasteiger partial charge in [0.1, 0.15) is 5.82 Å². The van der Waals surface area contributed by atoms with Crippen molar-refractivity contribution in [3.8, 4) is 11.1 Å².